The number of carbonyl (C=O) groups is 1. The number of nitrogens with one attached hydrogen (secondary N) is 1. The number of para-hydroxylation sites is 2. The quantitative estimate of drug-likeness (QED) is 0.832. The van der Waals surface area contributed by atoms with Crippen molar-refractivity contribution in [3.8, 4) is 5.75 Å². The van der Waals surface area contributed by atoms with Crippen molar-refractivity contribution >= 4 is 23.2 Å². The SMILES string of the molecule is COc1ccccc1/C=C1\C(=O)Nc2ccccc21. The molecule has 0 saturated carbocycles. The molecule has 0 atom stereocenters. The van der Waals surface area contributed by atoms with Crippen LogP contribution in [0, 0.1) is 0 Å². The van der Waals surface area contributed by atoms with Crippen molar-refractivity contribution in [2.45, 2.75) is 0 Å². The maximum absolute atomic E-state index is 12.0. The monoisotopic (exact) mass is 251 g/mol. The van der Waals surface area contributed by atoms with E-state index in [4.69, 9.17) is 4.74 Å². The van der Waals surface area contributed by atoms with Gasteiger partial charge in [0.15, 0.2) is 0 Å². The molecule has 0 bridgehead atoms. The molecular formula is C16H13NO2. The number of hydrogen-bond donors (Lipinski definition) is 1. The Morgan fingerprint density at radius 2 is 1.79 bits per heavy atom. The molecule has 1 aliphatic rings. The first-order valence-corrected chi connectivity index (χ1v) is 6.05. The van der Waals surface area contributed by atoms with Crippen LogP contribution in [0.15, 0.2) is 48.5 Å². The van der Waals surface area contributed by atoms with Gasteiger partial charge in [-0.25, -0.2) is 0 Å². The number of carbonyl (C=O) groups excluding carboxylic acids is 1. The number of benzene rings is 2. The third-order valence-electron chi connectivity index (χ3n) is 3.15. The zero-order chi connectivity index (χ0) is 13.2. The molecule has 1 N–H and O–H groups in total. The molecule has 0 spiro atoms. The Bertz CT molecular complexity index is 674. The minimum Gasteiger partial charge on any atom is -0.496 e. The van der Waals surface area contributed by atoms with Crippen LogP contribution < -0.4 is 10.1 Å². The molecule has 1 heterocycles. The van der Waals surface area contributed by atoms with Gasteiger partial charge in [0.2, 0.25) is 0 Å². The Hall–Kier alpha value is -2.55. The van der Waals surface area contributed by atoms with Crippen molar-refractivity contribution in [1.82, 2.24) is 0 Å². The topological polar surface area (TPSA) is 38.3 Å². The van der Waals surface area contributed by atoms with Crippen LogP contribution in [0.25, 0.3) is 11.6 Å². The molecule has 0 fully saturated rings. The van der Waals surface area contributed by atoms with Crippen molar-refractivity contribution in [2.24, 2.45) is 0 Å². The van der Waals surface area contributed by atoms with Crippen LogP contribution in [0.1, 0.15) is 11.1 Å². The summed E-state index contributed by atoms with van der Waals surface area (Å²) in [5, 5.41) is 2.86. The van der Waals surface area contributed by atoms with E-state index in [-0.39, 0.29) is 5.91 Å². The molecule has 0 radical (unpaired) electrons. The van der Waals surface area contributed by atoms with Gasteiger partial charge in [0.05, 0.1) is 7.11 Å². The molecule has 3 heteroatoms. The highest BCUT2D eigenvalue weighted by atomic mass is 16.5. The first-order valence-electron chi connectivity index (χ1n) is 6.05. The summed E-state index contributed by atoms with van der Waals surface area (Å²) < 4.78 is 5.30. The molecule has 1 aliphatic heterocycles. The van der Waals surface area contributed by atoms with E-state index in [0.29, 0.717) is 5.57 Å². The van der Waals surface area contributed by atoms with E-state index in [1.807, 2.05) is 54.6 Å². The van der Waals surface area contributed by atoms with E-state index < -0.39 is 0 Å². The zero-order valence-corrected chi connectivity index (χ0v) is 10.5. The van der Waals surface area contributed by atoms with Gasteiger partial charge in [-0.15, -0.1) is 0 Å². The molecule has 2 aromatic carbocycles. The number of fused-ring (bicyclic) bond motifs is 1. The summed E-state index contributed by atoms with van der Waals surface area (Å²) in [6.07, 6.45) is 1.86. The normalized spacial score (nSPS) is 15.2. The molecule has 1 amide bonds. The summed E-state index contributed by atoms with van der Waals surface area (Å²) in [4.78, 5) is 12.0. The second-order valence-electron chi connectivity index (χ2n) is 4.30. The second kappa shape index (κ2) is 4.61. The summed E-state index contributed by atoms with van der Waals surface area (Å²) in [5.41, 5.74) is 3.35. The van der Waals surface area contributed by atoms with E-state index in [0.717, 1.165) is 22.6 Å². The fraction of sp³-hybridized carbons (Fsp3) is 0.0625. The van der Waals surface area contributed by atoms with Gasteiger partial charge in [-0.1, -0.05) is 36.4 Å². The largest absolute Gasteiger partial charge is 0.496 e. The third kappa shape index (κ3) is 1.99. The minimum absolute atomic E-state index is 0.0768. The van der Waals surface area contributed by atoms with Crippen molar-refractivity contribution in [3.05, 3.63) is 59.7 Å². The van der Waals surface area contributed by atoms with Gasteiger partial charge in [0.25, 0.3) is 5.91 Å². The highest BCUT2D eigenvalue weighted by Crippen LogP contribution is 2.34. The first kappa shape index (κ1) is 11.5. The minimum atomic E-state index is -0.0768. The number of hydrogen-bond acceptors (Lipinski definition) is 2. The van der Waals surface area contributed by atoms with Gasteiger partial charge in [-0.3, -0.25) is 4.79 Å². The molecule has 0 aliphatic carbocycles. The van der Waals surface area contributed by atoms with Crippen LogP contribution >= 0.6 is 0 Å². The second-order valence-corrected chi connectivity index (χ2v) is 4.30. The van der Waals surface area contributed by atoms with Crippen molar-refractivity contribution < 1.29 is 9.53 Å². The lowest BCUT2D eigenvalue weighted by atomic mass is 10.0. The Morgan fingerprint density at radius 1 is 1.05 bits per heavy atom. The zero-order valence-electron chi connectivity index (χ0n) is 10.5. The van der Waals surface area contributed by atoms with Crippen molar-refractivity contribution in [3.63, 3.8) is 0 Å². The van der Waals surface area contributed by atoms with Crippen LogP contribution in [0.2, 0.25) is 0 Å². The van der Waals surface area contributed by atoms with Gasteiger partial charge < -0.3 is 10.1 Å². The lowest BCUT2D eigenvalue weighted by Gasteiger charge is -2.04. The average Bonchev–Trinajstić information content (AvgIpc) is 2.76. The fourth-order valence-corrected chi connectivity index (χ4v) is 2.22. The molecular weight excluding hydrogens is 238 g/mol. The molecule has 2 aromatic rings. The van der Waals surface area contributed by atoms with Gasteiger partial charge in [0.1, 0.15) is 5.75 Å². The molecule has 0 unspecified atom stereocenters. The maximum atomic E-state index is 12.0. The molecule has 94 valence electrons. The summed E-state index contributed by atoms with van der Waals surface area (Å²) in [7, 11) is 1.63. The number of anilines is 1. The highest BCUT2D eigenvalue weighted by Gasteiger charge is 2.23. The fourth-order valence-electron chi connectivity index (χ4n) is 2.22. The van der Waals surface area contributed by atoms with E-state index in [1.54, 1.807) is 7.11 Å². The predicted molar refractivity (Wildman–Crippen MR) is 75.9 cm³/mol. The van der Waals surface area contributed by atoms with Crippen LogP contribution in [-0.2, 0) is 4.79 Å². The average molecular weight is 251 g/mol. The van der Waals surface area contributed by atoms with Gasteiger partial charge >= 0.3 is 0 Å². The summed E-state index contributed by atoms with van der Waals surface area (Å²) in [6.45, 7) is 0. The highest BCUT2D eigenvalue weighted by molar-refractivity contribution is 6.35. The number of rotatable bonds is 2. The summed E-state index contributed by atoms with van der Waals surface area (Å²) >= 11 is 0. The number of amides is 1. The lowest BCUT2D eigenvalue weighted by Crippen LogP contribution is -2.03. The van der Waals surface area contributed by atoms with E-state index >= 15 is 0 Å². The third-order valence-corrected chi connectivity index (χ3v) is 3.15. The van der Waals surface area contributed by atoms with Gasteiger partial charge in [-0.2, -0.15) is 0 Å². The van der Waals surface area contributed by atoms with Crippen LogP contribution in [0.3, 0.4) is 0 Å². The van der Waals surface area contributed by atoms with Crippen LogP contribution in [0.5, 0.6) is 5.75 Å². The van der Waals surface area contributed by atoms with Crippen molar-refractivity contribution in [1.29, 1.82) is 0 Å². The number of methoxy groups -OCH3 is 1. The number of ether oxygens (including phenoxy) is 1. The molecule has 19 heavy (non-hydrogen) atoms. The first-order chi connectivity index (χ1) is 9.29. The van der Waals surface area contributed by atoms with Gasteiger partial charge in [-0.05, 0) is 18.2 Å². The standard InChI is InChI=1S/C16H13NO2/c1-19-15-9-5-2-6-11(15)10-13-12-7-3-4-8-14(12)17-16(13)18/h2-10H,1H3,(H,17,18)/b13-10-. The lowest BCUT2D eigenvalue weighted by molar-refractivity contribution is -0.110. The smallest absolute Gasteiger partial charge is 0.256 e. The van der Waals surface area contributed by atoms with Crippen LogP contribution in [0.4, 0.5) is 5.69 Å². The van der Waals surface area contributed by atoms with E-state index in [9.17, 15) is 4.79 Å². The Labute approximate surface area is 111 Å². The van der Waals surface area contributed by atoms with Crippen molar-refractivity contribution in [2.75, 3.05) is 12.4 Å². The Morgan fingerprint density at radius 3 is 2.63 bits per heavy atom. The predicted octanol–water partition coefficient (Wildman–Crippen LogP) is 3.19. The molecule has 3 nitrogen and oxygen atoms in total. The Kier molecular flexibility index (Phi) is 2.80. The maximum Gasteiger partial charge on any atom is 0.256 e. The summed E-state index contributed by atoms with van der Waals surface area (Å²) in [6, 6.07) is 15.3. The molecule has 0 saturated heterocycles. The van der Waals surface area contributed by atoms with Gasteiger partial charge in [0, 0.05) is 22.4 Å². The van der Waals surface area contributed by atoms with E-state index in [2.05, 4.69) is 5.32 Å². The Balaban J connectivity index is 2.11. The van der Waals surface area contributed by atoms with E-state index in [1.165, 1.54) is 0 Å². The molecule has 0 aromatic heterocycles. The summed E-state index contributed by atoms with van der Waals surface area (Å²) in [5.74, 6) is 0.680. The van der Waals surface area contributed by atoms with Crippen LogP contribution in [-0.4, -0.2) is 13.0 Å². The molecule has 3 rings (SSSR count).